The van der Waals surface area contributed by atoms with Gasteiger partial charge in [0.15, 0.2) is 0 Å². The molecule has 0 spiro atoms. The van der Waals surface area contributed by atoms with Crippen LogP contribution in [0.3, 0.4) is 0 Å². The first-order valence-electron chi connectivity index (χ1n) is 10.1. The van der Waals surface area contributed by atoms with Crippen molar-refractivity contribution in [3.05, 3.63) is 100 Å². The van der Waals surface area contributed by atoms with Crippen molar-refractivity contribution in [2.45, 2.75) is 47.5 Å². The molecule has 0 fully saturated rings. The van der Waals surface area contributed by atoms with Crippen LogP contribution >= 0.6 is 0 Å². The van der Waals surface area contributed by atoms with Gasteiger partial charge in [0.1, 0.15) is 0 Å². The fourth-order valence-electron chi connectivity index (χ4n) is 3.40. The van der Waals surface area contributed by atoms with Crippen LogP contribution in [-0.2, 0) is 0 Å². The molecule has 0 N–H and O–H groups in total. The number of nitrogens with zero attached hydrogens (tertiary/aromatic N) is 1. The quantitative estimate of drug-likeness (QED) is 0.325. The van der Waals surface area contributed by atoms with E-state index >= 15 is 0 Å². The lowest BCUT2D eigenvalue weighted by Gasteiger charge is -2.20. The van der Waals surface area contributed by atoms with Crippen LogP contribution in [0.5, 0.6) is 0 Å². The first-order valence-corrected chi connectivity index (χ1v) is 10.1. The molecule has 0 aliphatic heterocycles. The second-order valence-electron chi connectivity index (χ2n) is 8.21. The Kier molecular flexibility index (Phi) is 6.14. The van der Waals surface area contributed by atoms with Crippen molar-refractivity contribution in [2.75, 3.05) is 0 Å². The predicted octanol–water partition coefficient (Wildman–Crippen LogP) is 7.54. The topological polar surface area (TPSA) is 12.4 Å². The van der Waals surface area contributed by atoms with Crippen molar-refractivity contribution >= 4 is 11.4 Å². The number of hydrogen-bond donors (Lipinski definition) is 0. The second kappa shape index (κ2) is 8.56. The lowest BCUT2D eigenvalue weighted by Crippen LogP contribution is -2.04. The van der Waals surface area contributed by atoms with Crippen molar-refractivity contribution in [3.8, 4) is 0 Å². The average Bonchev–Trinajstić information content (AvgIpc) is 2.67. The molecular formula is C27H31N. The van der Waals surface area contributed by atoms with E-state index in [1.807, 2.05) is 0 Å². The summed E-state index contributed by atoms with van der Waals surface area (Å²) in [6.45, 7) is 12.9. The molecule has 144 valence electrons. The molecule has 0 aliphatic carbocycles. The van der Waals surface area contributed by atoms with E-state index in [9.17, 15) is 0 Å². The first-order chi connectivity index (χ1) is 13.3. The SMILES string of the molecule is CC(=Nc1ccc(C(c2ccc(C)cc2)c2ccc(C)cc2)cc1C)C(C)C. The minimum atomic E-state index is 0.226. The van der Waals surface area contributed by atoms with Crippen molar-refractivity contribution in [1.82, 2.24) is 0 Å². The number of benzene rings is 3. The second-order valence-corrected chi connectivity index (χ2v) is 8.21. The molecule has 0 unspecified atom stereocenters. The molecule has 0 bridgehead atoms. The Balaban J connectivity index is 2.08. The molecular weight excluding hydrogens is 338 g/mol. The van der Waals surface area contributed by atoms with Crippen LogP contribution in [0.2, 0.25) is 0 Å². The zero-order valence-electron chi connectivity index (χ0n) is 18.0. The molecule has 3 aromatic rings. The van der Waals surface area contributed by atoms with E-state index in [1.165, 1.54) is 39.1 Å². The monoisotopic (exact) mass is 369 g/mol. The van der Waals surface area contributed by atoms with E-state index in [4.69, 9.17) is 4.99 Å². The Morgan fingerprint density at radius 2 is 1.14 bits per heavy atom. The zero-order chi connectivity index (χ0) is 20.3. The predicted molar refractivity (Wildman–Crippen MR) is 122 cm³/mol. The van der Waals surface area contributed by atoms with Crippen molar-refractivity contribution in [2.24, 2.45) is 10.9 Å². The van der Waals surface area contributed by atoms with E-state index in [-0.39, 0.29) is 5.92 Å². The third-order valence-corrected chi connectivity index (χ3v) is 5.51. The standard InChI is InChI=1S/C27H31N/c1-18(2)22(6)28-26-16-15-25(17-21(26)5)27(23-11-7-19(3)8-12-23)24-13-9-20(4)10-14-24/h7-18,27H,1-6H3. The highest BCUT2D eigenvalue weighted by Gasteiger charge is 2.17. The van der Waals surface area contributed by atoms with Gasteiger partial charge in [-0.3, -0.25) is 4.99 Å². The molecule has 28 heavy (non-hydrogen) atoms. The van der Waals surface area contributed by atoms with Gasteiger partial charge in [0.05, 0.1) is 5.69 Å². The molecule has 1 heteroatoms. The van der Waals surface area contributed by atoms with Crippen LogP contribution in [0.15, 0.2) is 71.7 Å². The Morgan fingerprint density at radius 3 is 1.57 bits per heavy atom. The highest BCUT2D eigenvalue weighted by Crippen LogP contribution is 2.34. The van der Waals surface area contributed by atoms with Gasteiger partial charge in [0.25, 0.3) is 0 Å². The smallest absolute Gasteiger partial charge is 0.0658 e. The van der Waals surface area contributed by atoms with E-state index in [1.54, 1.807) is 0 Å². The van der Waals surface area contributed by atoms with Crippen molar-refractivity contribution < 1.29 is 0 Å². The van der Waals surface area contributed by atoms with Crippen LogP contribution in [0, 0.1) is 26.7 Å². The zero-order valence-corrected chi connectivity index (χ0v) is 18.0. The van der Waals surface area contributed by atoms with E-state index in [2.05, 4.69) is 108 Å². The fraction of sp³-hybridized carbons (Fsp3) is 0.296. The highest BCUT2D eigenvalue weighted by atomic mass is 14.7. The summed E-state index contributed by atoms with van der Waals surface area (Å²) in [5.41, 5.74) is 10.00. The van der Waals surface area contributed by atoms with Crippen LogP contribution in [0.1, 0.15) is 60.1 Å². The van der Waals surface area contributed by atoms with Crippen molar-refractivity contribution in [1.29, 1.82) is 0 Å². The molecule has 0 aromatic heterocycles. The van der Waals surface area contributed by atoms with Gasteiger partial charge in [-0.2, -0.15) is 0 Å². The molecule has 3 rings (SSSR count). The maximum Gasteiger partial charge on any atom is 0.0658 e. The van der Waals surface area contributed by atoms with Gasteiger partial charge in [-0.15, -0.1) is 0 Å². The van der Waals surface area contributed by atoms with Crippen LogP contribution in [0.25, 0.3) is 0 Å². The Labute approximate surface area is 170 Å². The molecule has 0 saturated carbocycles. The molecule has 1 nitrogen and oxygen atoms in total. The average molecular weight is 370 g/mol. The summed E-state index contributed by atoms with van der Waals surface area (Å²) < 4.78 is 0. The highest BCUT2D eigenvalue weighted by molar-refractivity contribution is 5.86. The molecule has 0 atom stereocenters. The van der Waals surface area contributed by atoms with Crippen LogP contribution in [-0.4, -0.2) is 5.71 Å². The fourth-order valence-corrected chi connectivity index (χ4v) is 3.40. The molecule has 0 aliphatic rings. The van der Waals surface area contributed by atoms with Crippen LogP contribution < -0.4 is 0 Å². The lowest BCUT2D eigenvalue weighted by molar-refractivity contribution is 0.878. The summed E-state index contributed by atoms with van der Waals surface area (Å²) in [5.74, 6) is 0.691. The normalized spacial score (nSPS) is 12.1. The number of hydrogen-bond acceptors (Lipinski definition) is 1. The first kappa shape index (κ1) is 20.1. The van der Waals surface area contributed by atoms with Gasteiger partial charge < -0.3 is 0 Å². The number of aliphatic imine (C=N–C) groups is 1. The summed E-state index contributed by atoms with van der Waals surface area (Å²) in [6, 6.07) is 24.5. The minimum Gasteiger partial charge on any atom is -0.258 e. The van der Waals surface area contributed by atoms with Gasteiger partial charge >= 0.3 is 0 Å². The van der Waals surface area contributed by atoms with E-state index in [0.29, 0.717) is 5.92 Å². The molecule has 0 heterocycles. The maximum atomic E-state index is 4.84. The van der Waals surface area contributed by atoms with Gasteiger partial charge in [0.2, 0.25) is 0 Å². The summed E-state index contributed by atoms with van der Waals surface area (Å²) in [6.07, 6.45) is 0. The largest absolute Gasteiger partial charge is 0.258 e. The molecule has 0 radical (unpaired) electrons. The lowest BCUT2D eigenvalue weighted by atomic mass is 9.84. The van der Waals surface area contributed by atoms with Crippen molar-refractivity contribution in [3.63, 3.8) is 0 Å². The minimum absolute atomic E-state index is 0.226. The Hall–Kier alpha value is -2.67. The molecule has 0 amide bonds. The molecule has 3 aromatic carbocycles. The Morgan fingerprint density at radius 1 is 0.679 bits per heavy atom. The third kappa shape index (κ3) is 4.59. The van der Waals surface area contributed by atoms with E-state index < -0.39 is 0 Å². The summed E-state index contributed by atoms with van der Waals surface area (Å²) in [4.78, 5) is 4.84. The summed E-state index contributed by atoms with van der Waals surface area (Å²) >= 11 is 0. The third-order valence-electron chi connectivity index (χ3n) is 5.51. The summed E-state index contributed by atoms with van der Waals surface area (Å²) in [5, 5.41) is 0. The molecule has 0 saturated heterocycles. The van der Waals surface area contributed by atoms with Gasteiger partial charge in [-0.05, 0) is 61.9 Å². The Bertz CT molecular complexity index is 915. The number of aryl methyl sites for hydroxylation is 3. The van der Waals surface area contributed by atoms with Gasteiger partial charge in [-0.25, -0.2) is 0 Å². The number of rotatable bonds is 5. The maximum absolute atomic E-state index is 4.84. The summed E-state index contributed by atoms with van der Waals surface area (Å²) in [7, 11) is 0. The van der Waals surface area contributed by atoms with Gasteiger partial charge in [0, 0.05) is 11.6 Å². The van der Waals surface area contributed by atoms with Gasteiger partial charge in [-0.1, -0.05) is 85.6 Å². The van der Waals surface area contributed by atoms with Crippen LogP contribution in [0.4, 0.5) is 5.69 Å². The van der Waals surface area contributed by atoms with E-state index in [0.717, 1.165) is 5.69 Å².